The van der Waals surface area contributed by atoms with E-state index in [0.717, 1.165) is 37.9 Å². The molecule has 2 rings (SSSR count). The van der Waals surface area contributed by atoms with E-state index in [2.05, 4.69) is 6.08 Å². The van der Waals surface area contributed by atoms with Gasteiger partial charge in [-0.1, -0.05) is 23.8 Å². The fraction of sp³-hybridized carbons (Fsp3) is 0.667. The summed E-state index contributed by atoms with van der Waals surface area (Å²) >= 11 is 11.1. The maximum Gasteiger partial charge on any atom is 0.416 e. The van der Waals surface area contributed by atoms with E-state index in [-0.39, 0.29) is 30.4 Å². The van der Waals surface area contributed by atoms with E-state index >= 15 is 0 Å². The van der Waals surface area contributed by atoms with Gasteiger partial charge in [-0.05, 0) is 76.1 Å². The van der Waals surface area contributed by atoms with Crippen LogP contribution < -0.4 is 22.9 Å². The second kappa shape index (κ2) is 25.1. The van der Waals surface area contributed by atoms with Gasteiger partial charge in [0.1, 0.15) is 0 Å². The number of alkyl halides is 5. The second-order valence-corrected chi connectivity index (χ2v) is 8.79. The van der Waals surface area contributed by atoms with Crippen molar-refractivity contribution in [2.45, 2.75) is 76.1 Å². The van der Waals surface area contributed by atoms with E-state index in [9.17, 15) is 13.2 Å². The highest BCUT2D eigenvalue weighted by Crippen LogP contribution is 2.28. The minimum Gasteiger partial charge on any atom is -0.392 e. The number of nitrogens with two attached hydrogens (primary N) is 4. The van der Waals surface area contributed by atoms with Gasteiger partial charge < -0.3 is 28.0 Å². The lowest BCUT2D eigenvalue weighted by Gasteiger charge is -2.10. The van der Waals surface area contributed by atoms with Crippen LogP contribution in [0.5, 0.6) is 0 Å². The topological polar surface area (TPSA) is 124 Å². The van der Waals surface area contributed by atoms with Crippen molar-refractivity contribution in [2.75, 3.05) is 25.5 Å². The number of allylic oxidation sites excluding steroid dienone is 1. The van der Waals surface area contributed by atoms with Crippen LogP contribution in [-0.2, 0) is 12.7 Å². The van der Waals surface area contributed by atoms with Crippen LogP contribution in [0.25, 0.3) is 0 Å². The van der Waals surface area contributed by atoms with Gasteiger partial charge in [0.2, 0.25) is 0 Å². The van der Waals surface area contributed by atoms with Gasteiger partial charge in [-0.2, -0.15) is 13.2 Å². The first-order valence-corrected chi connectivity index (χ1v) is 12.5. The number of benzene rings is 1. The first-order valence-electron chi connectivity index (χ1n) is 11.6. The van der Waals surface area contributed by atoms with E-state index in [1.165, 1.54) is 37.8 Å². The van der Waals surface area contributed by atoms with Crippen molar-refractivity contribution < 1.29 is 18.3 Å². The van der Waals surface area contributed by atoms with Gasteiger partial charge >= 0.3 is 6.18 Å². The molecule has 0 amide bonds. The highest BCUT2D eigenvalue weighted by atomic mass is 35.5. The van der Waals surface area contributed by atoms with Gasteiger partial charge in [-0.3, -0.25) is 0 Å². The molecular weight excluding hydrogens is 524 g/mol. The smallest absolute Gasteiger partial charge is 0.392 e. The molecule has 0 heterocycles. The molecule has 0 saturated carbocycles. The number of halogens is 6. The molecule has 2 atom stereocenters. The Morgan fingerprint density at radius 1 is 1.03 bits per heavy atom. The van der Waals surface area contributed by atoms with E-state index in [1.54, 1.807) is 12.5 Å². The van der Waals surface area contributed by atoms with Crippen LogP contribution in [0.1, 0.15) is 63.0 Å². The zero-order valence-corrected chi connectivity index (χ0v) is 22.9. The summed E-state index contributed by atoms with van der Waals surface area (Å²) in [5, 5.41) is 8.36. The van der Waals surface area contributed by atoms with Gasteiger partial charge in [0.15, 0.2) is 0 Å². The van der Waals surface area contributed by atoms with E-state index in [0.29, 0.717) is 24.5 Å². The molecule has 5 nitrogen and oxygen atoms in total. The van der Waals surface area contributed by atoms with Crippen LogP contribution >= 0.6 is 35.6 Å². The van der Waals surface area contributed by atoms with Gasteiger partial charge in [0.05, 0.1) is 11.7 Å². The van der Waals surface area contributed by atoms with Crippen molar-refractivity contribution in [3.8, 4) is 0 Å². The van der Waals surface area contributed by atoms with Crippen molar-refractivity contribution in [1.29, 1.82) is 0 Å². The van der Waals surface area contributed by atoms with Crippen LogP contribution in [0.3, 0.4) is 0 Å². The lowest BCUT2D eigenvalue weighted by atomic mass is 9.97. The first kappa shape index (κ1) is 38.9. The van der Waals surface area contributed by atoms with Crippen LogP contribution in [0, 0.1) is 0 Å². The molecule has 0 bridgehead atoms. The lowest BCUT2D eigenvalue weighted by molar-refractivity contribution is -0.137. The van der Waals surface area contributed by atoms with Crippen molar-refractivity contribution in [1.82, 2.24) is 0 Å². The van der Waals surface area contributed by atoms with Crippen LogP contribution in [0.2, 0.25) is 0 Å². The average Bonchev–Trinajstić information content (AvgIpc) is 2.84. The van der Waals surface area contributed by atoms with Crippen LogP contribution in [0.15, 0.2) is 35.9 Å². The van der Waals surface area contributed by atoms with Gasteiger partial charge in [-0.25, -0.2) is 0 Å². The van der Waals surface area contributed by atoms with E-state index in [4.69, 9.17) is 51.2 Å². The molecule has 0 aliphatic heterocycles. The Balaban J connectivity index is -0.000000403. The second-order valence-electron chi connectivity index (χ2n) is 7.79. The maximum absolute atomic E-state index is 12.0. The molecular formula is C24H44Cl3F3N4O. The molecule has 1 aliphatic carbocycles. The SMILES string of the molecule is C[C@@H](O)CN.Cl.NCC(Cl)CCCCl.NCCC1=CCCCC1.NCc1ccc(C(F)(F)F)cc1. The fourth-order valence-electron chi connectivity index (χ4n) is 2.56. The molecule has 0 saturated heterocycles. The quantitative estimate of drug-likeness (QED) is 0.215. The number of rotatable bonds is 8. The third-order valence-electron chi connectivity index (χ3n) is 4.62. The van der Waals surface area contributed by atoms with E-state index in [1.807, 2.05) is 0 Å². The van der Waals surface area contributed by atoms with Gasteiger partial charge in [-0.15, -0.1) is 35.6 Å². The number of hydrogen-bond donors (Lipinski definition) is 5. The molecule has 208 valence electrons. The largest absolute Gasteiger partial charge is 0.416 e. The highest BCUT2D eigenvalue weighted by Gasteiger charge is 2.29. The molecule has 0 spiro atoms. The minimum absolute atomic E-state index is 0. The monoisotopic (exact) mass is 566 g/mol. The summed E-state index contributed by atoms with van der Waals surface area (Å²) in [6, 6.07) is 4.82. The maximum atomic E-state index is 12.0. The minimum atomic E-state index is -4.26. The van der Waals surface area contributed by atoms with Crippen molar-refractivity contribution in [2.24, 2.45) is 22.9 Å². The summed E-state index contributed by atoms with van der Waals surface area (Å²) in [6.07, 6.45) is 6.14. The summed E-state index contributed by atoms with van der Waals surface area (Å²) in [7, 11) is 0. The molecule has 1 aliphatic rings. The Hall–Kier alpha value is -0.580. The highest BCUT2D eigenvalue weighted by molar-refractivity contribution is 6.21. The molecule has 0 radical (unpaired) electrons. The molecule has 1 unspecified atom stereocenters. The summed E-state index contributed by atoms with van der Waals surface area (Å²) in [5.74, 6) is 0.684. The molecule has 1 aromatic rings. The fourth-order valence-corrected chi connectivity index (χ4v) is 2.87. The zero-order valence-electron chi connectivity index (χ0n) is 20.6. The van der Waals surface area contributed by atoms with Gasteiger partial charge in [0, 0.05) is 30.9 Å². The summed E-state index contributed by atoms with van der Waals surface area (Å²) in [4.78, 5) is 0. The predicted octanol–water partition coefficient (Wildman–Crippen LogP) is 5.32. The number of aliphatic hydroxyl groups excluding tert-OH is 1. The standard InChI is InChI=1S/C8H8F3N.C8H15N.C5H11Cl2N.C3H9NO.ClH/c9-8(10,11)7-3-1-6(5-12)2-4-7;9-7-6-8-4-2-1-3-5-8;6-3-1-2-5(7)4-8;1-3(5)2-4;/h1-4H,5,12H2;4H,1-3,5-7,9H2;5H,1-4,8H2;3,5H,2,4H2,1H3;1H/t;;;3-;/m...1./s1. The summed E-state index contributed by atoms with van der Waals surface area (Å²) in [5.41, 5.74) is 22.5. The molecule has 0 aromatic heterocycles. The Morgan fingerprint density at radius 3 is 1.94 bits per heavy atom. The van der Waals surface area contributed by atoms with Crippen molar-refractivity contribution >= 4 is 35.6 Å². The average molecular weight is 568 g/mol. The Morgan fingerprint density at radius 2 is 1.60 bits per heavy atom. The Kier molecular flexibility index (Phi) is 27.9. The number of hydrogen-bond acceptors (Lipinski definition) is 5. The number of aliphatic hydroxyl groups is 1. The predicted molar refractivity (Wildman–Crippen MR) is 146 cm³/mol. The van der Waals surface area contributed by atoms with Crippen molar-refractivity contribution in [3.63, 3.8) is 0 Å². The first-order chi connectivity index (χ1) is 16.0. The Labute approximate surface area is 225 Å². The third kappa shape index (κ3) is 24.9. The Bertz CT molecular complexity index is 619. The van der Waals surface area contributed by atoms with Gasteiger partial charge in [0.25, 0.3) is 0 Å². The zero-order chi connectivity index (χ0) is 26.4. The third-order valence-corrected chi connectivity index (χ3v) is 5.28. The van der Waals surface area contributed by atoms with E-state index < -0.39 is 11.7 Å². The molecule has 35 heavy (non-hydrogen) atoms. The summed E-state index contributed by atoms with van der Waals surface area (Å²) in [6.45, 7) is 3.66. The molecule has 11 heteroatoms. The molecule has 1 aromatic carbocycles. The molecule has 0 fully saturated rings. The van der Waals surface area contributed by atoms with Crippen LogP contribution in [0.4, 0.5) is 13.2 Å². The van der Waals surface area contributed by atoms with Crippen LogP contribution in [-0.4, -0.2) is 42.1 Å². The summed E-state index contributed by atoms with van der Waals surface area (Å²) < 4.78 is 36.0. The molecule has 9 N–H and O–H groups in total. The van der Waals surface area contributed by atoms with Crippen molar-refractivity contribution in [3.05, 3.63) is 47.0 Å². The lowest BCUT2D eigenvalue weighted by Crippen LogP contribution is -2.14. The normalized spacial score (nSPS) is 14.3.